The number of nitrogens with one attached hydrogen (secondary N) is 1. The van der Waals surface area contributed by atoms with Gasteiger partial charge >= 0.3 is 5.97 Å². The predicted molar refractivity (Wildman–Crippen MR) is 81.5 cm³/mol. The highest BCUT2D eigenvalue weighted by molar-refractivity contribution is 7.99. The average molecular weight is 320 g/mol. The van der Waals surface area contributed by atoms with Gasteiger partial charge in [0.25, 0.3) is 11.1 Å². The lowest BCUT2D eigenvalue weighted by Crippen LogP contribution is -2.37. The molecule has 1 amide bonds. The van der Waals surface area contributed by atoms with Crippen LogP contribution in [0.2, 0.25) is 0 Å². The highest BCUT2D eigenvalue weighted by Crippen LogP contribution is 2.23. The number of aromatic nitrogens is 1. The van der Waals surface area contributed by atoms with Crippen LogP contribution in [0.5, 0.6) is 0 Å². The van der Waals surface area contributed by atoms with Crippen molar-refractivity contribution in [2.24, 2.45) is 0 Å². The van der Waals surface area contributed by atoms with Crippen molar-refractivity contribution in [2.45, 2.75) is 37.1 Å². The summed E-state index contributed by atoms with van der Waals surface area (Å²) in [5.74, 6) is -0.665. The van der Waals surface area contributed by atoms with E-state index in [1.54, 1.807) is 6.92 Å². The number of ether oxygens (including phenoxy) is 1. The van der Waals surface area contributed by atoms with Gasteiger partial charge in [-0.15, -0.1) is 0 Å². The lowest BCUT2D eigenvalue weighted by Gasteiger charge is -2.12. The zero-order chi connectivity index (χ0) is 15.5. The number of amides is 1. The number of nitrogens with zero attached hydrogens (tertiary/aromatic N) is 1. The second-order valence-corrected chi connectivity index (χ2v) is 6.08. The summed E-state index contributed by atoms with van der Waals surface area (Å²) in [4.78, 5) is 27.7. The highest BCUT2D eigenvalue weighted by Gasteiger charge is 2.27. The molecule has 0 bridgehead atoms. The zero-order valence-corrected chi connectivity index (χ0v) is 12.9. The molecule has 3 rings (SSSR count). The summed E-state index contributed by atoms with van der Waals surface area (Å²) >= 11 is 1.15. The average Bonchev–Trinajstić information content (AvgIpc) is 3.21. The molecule has 1 N–H and O–H groups in total. The number of para-hydroxylation sites is 2. The van der Waals surface area contributed by atoms with E-state index >= 15 is 0 Å². The summed E-state index contributed by atoms with van der Waals surface area (Å²) < 4.78 is 10.6. The molecule has 1 saturated carbocycles. The SMILES string of the molecule is C[C@H](OC(=O)CSc1nc2ccccc2o1)C(=O)NC1CC1. The van der Waals surface area contributed by atoms with Crippen LogP contribution in [0.1, 0.15) is 19.8 Å². The fourth-order valence-corrected chi connectivity index (χ4v) is 2.49. The number of carbonyl (C=O) groups is 2. The van der Waals surface area contributed by atoms with Crippen LogP contribution in [0.15, 0.2) is 33.9 Å². The quantitative estimate of drug-likeness (QED) is 0.648. The molecular formula is C15H16N2O4S. The third kappa shape index (κ3) is 3.79. The molecule has 1 atom stereocenters. The maximum absolute atomic E-state index is 11.8. The van der Waals surface area contributed by atoms with Gasteiger partial charge in [-0.3, -0.25) is 9.59 Å². The molecule has 1 aliphatic rings. The van der Waals surface area contributed by atoms with Gasteiger partial charge in [0.15, 0.2) is 11.7 Å². The molecule has 7 heteroatoms. The first kappa shape index (κ1) is 14.9. The largest absolute Gasteiger partial charge is 0.452 e. The van der Waals surface area contributed by atoms with Gasteiger partial charge in [0.1, 0.15) is 11.3 Å². The number of fused-ring (bicyclic) bond motifs is 1. The van der Waals surface area contributed by atoms with E-state index in [4.69, 9.17) is 9.15 Å². The molecule has 0 unspecified atom stereocenters. The molecule has 1 aromatic carbocycles. The van der Waals surface area contributed by atoms with Crippen molar-refractivity contribution in [3.05, 3.63) is 24.3 Å². The van der Waals surface area contributed by atoms with E-state index < -0.39 is 12.1 Å². The minimum absolute atomic E-state index is 0.0495. The molecule has 6 nitrogen and oxygen atoms in total. The maximum atomic E-state index is 11.8. The van der Waals surface area contributed by atoms with Gasteiger partial charge in [0.2, 0.25) is 0 Å². The Balaban J connectivity index is 1.47. The molecule has 0 aliphatic heterocycles. The summed E-state index contributed by atoms with van der Waals surface area (Å²) in [6.07, 6.45) is 1.22. The summed E-state index contributed by atoms with van der Waals surface area (Å²) in [5.41, 5.74) is 1.42. The summed E-state index contributed by atoms with van der Waals surface area (Å²) in [6, 6.07) is 7.63. The first-order valence-electron chi connectivity index (χ1n) is 7.10. The smallest absolute Gasteiger partial charge is 0.317 e. The van der Waals surface area contributed by atoms with E-state index in [-0.39, 0.29) is 17.7 Å². The predicted octanol–water partition coefficient (Wildman–Crippen LogP) is 2.13. The fraction of sp³-hybridized carbons (Fsp3) is 0.400. The normalized spacial score (nSPS) is 15.5. The zero-order valence-electron chi connectivity index (χ0n) is 12.1. The van der Waals surface area contributed by atoms with Crippen LogP contribution in [0.3, 0.4) is 0 Å². The standard InChI is InChI=1S/C15H16N2O4S/c1-9(14(19)16-10-6-7-10)20-13(18)8-22-15-17-11-4-2-3-5-12(11)21-15/h2-5,9-10H,6-8H2,1H3,(H,16,19)/t9-/m0/s1. The van der Waals surface area contributed by atoms with Crippen molar-refractivity contribution in [3.8, 4) is 0 Å². The minimum Gasteiger partial charge on any atom is -0.452 e. The van der Waals surface area contributed by atoms with Crippen LogP contribution in [-0.4, -0.2) is 34.8 Å². The second-order valence-electron chi connectivity index (χ2n) is 5.15. The molecule has 22 heavy (non-hydrogen) atoms. The van der Waals surface area contributed by atoms with E-state index in [0.717, 1.165) is 30.1 Å². The lowest BCUT2D eigenvalue weighted by atomic mass is 10.3. The molecule has 1 fully saturated rings. The van der Waals surface area contributed by atoms with Crippen molar-refractivity contribution in [3.63, 3.8) is 0 Å². The molecular weight excluding hydrogens is 304 g/mol. The molecule has 2 aromatic rings. The Hall–Kier alpha value is -2.02. The van der Waals surface area contributed by atoms with Crippen molar-refractivity contribution < 1.29 is 18.7 Å². The van der Waals surface area contributed by atoms with Crippen LogP contribution < -0.4 is 5.32 Å². The summed E-state index contributed by atoms with van der Waals surface area (Å²) in [5, 5.41) is 3.21. The van der Waals surface area contributed by atoms with Crippen LogP contribution in [0.4, 0.5) is 0 Å². The van der Waals surface area contributed by atoms with Crippen LogP contribution in [0, 0.1) is 0 Å². The number of carbonyl (C=O) groups excluding carboxylic acids is 2. The van der Waals surface area contributed by atoms with Gasteiger partial charge in [0, 0.05) is 6.04 Å². The molecule has 1 aromatic heterocycles. The van der Waals surface area contributed by atoms with Crippen LogP contribution >= 0.6 is 11.8 Å². The first-order valence-corrected chi connectivity index (χ1v) is 8.08. The van der Waals surface area contributed by atoms with E-state index in [9.17, 15) is 9.59 Å². The van der Waals surface area contributed by atoms with Gasteiger partial charge in [0.05, 0.1) is 0 Å². The minimum atomic E-state index is -0.780. The molecule has 0 spiro atoms. The van der Waals surface area contributed by atoms with E-state index in [0.29, 0.717) is 10.8 Å². The number of hydrogen-bond acceptors (Lipinski definition) is 6. The number of rotatable bonds is 6. The van der Waals surface area contributed by atoms with Crippen molar-refractivity contribution in [1.29, 1.82) is 0 Å². The molecule has 1 heterocycles. The first-order chi connectivity index (χ1) is 10.6. The van der Waals surface area contributed by atoms with Crippen LogP contribution in [-0.2, 0) is 14.3 Å². The van der Waals surface area contributed by atoms with Gasteiger partial charge in [-0.1, -0.05) is 23.9 Å². The number of thioether (sulfide) groups is 1. The number of benzene rings is 1. The topological polar surface area (TPSA) is 81.4 Å². The maximum Gasteiger partial charge on any atom is 0.317 e. The van der Waals surface area contributed by atoms with Gasteiger partial charge in [-0.05, 0) is 31.9 Å². The Bertz CT molecular complexity index is 663. The Morgan fingerprint density at radius 1 is 1.45 bits per heavy atom. The second kappa shape index (κ2) is 6.39. The molecule has 0 radical (unpaired) electrons. The highest BCUT2D eigenvalue weighted by atomic mass is 32.2. The lowest BCUT2D eigenvalue weighted by molar-refractivity contribution is -0.152. The van der Waals surface area contributed by atoms with Gasteiger partial charge in [-0.2, -0.15) is 0 Å². The number of esters is 1. The Labute approximate surface area is 131 Å². The third-order valence-corrected chi connectivity index (χ3v) is 3.99. The van der Waals surface area contributed by atoms with E-state index in [1.165, 1.54) is 0 Å². The van der Waals surface area contributed by atoms with Crippen molar-refractivity contribution in [1.82, 2.24) is 10.3 Å². The Morgan fingerprint density at radius 3 is 2.95 bits per heavy atom. The van der Waals surface area contributed by atoms with Crippen LogP contribution in [0.25, 0.3) is 11.1 Å². The number of hydrogen-bond donors (Lipinski definition) is 1. The molecule has 116 valence electrons. The Kier molecular flexibility index (Phi) is 4.33. The fourth-order valence-electron chi connectivity index (χ4n) is 1.86. The molecule has 0 saturated heterocycles. The monoisotopic (exact) mass is 320 g/mol. The Morgan fingerprint density at radius 2 is 2.23 bits per heavy atom. The summed E-state index contributed by atoms with van der Waals surface area (Å²) in [6.45, 7) is 1.57. The van der Waals surface area contributed by atoms with Crippen molar-refractivity contribution in [2.75, 3.05) is 5.75 Å². The third-order valence-electron chi connectivity index (χ3n) is 3.19. The van der Waals surface area contributed by atoms with E-state index in [2.05, 4.69) is 10.3 Å². The van der Waals surface area contributed by atoms with Crippen molar-refractivity contribution >= 4 is 34.7 Å². The summed E-state index contributed by atoms with van der Waals surface area (Å²) in [7, 11) is 0. The van der Waals surface area contributed by atoms with Gasteiger partial charge in [-0.25, -0.2) is 4.98 Å². The van der Waals surface area contributed by atoms with E-state index in [1.807, 2.05) is 24.3 Å². The molecule has 1 aliphatic carbocycles. The van der Waals surface area contributed by atoms with Gasteiger partial charge < -0.3 is 14.5 Å². The number of oxazole rings is 1.